The molecule has 0 spiro atoms. The van der Waals surface area contributed by atoms with Crippen molar-refractivity contribution in [3.63, 3.8) is 0 Å². The molecular formula is C23H17N7O6. The van der Waals surface area contributed by atoms with Crippen molar-refractivity contribution in [2.75, 3.05) is 17.2 Å². The normalized spacial score (nSPS) is 12.3. The molecule has 2 aromatic carbocycles. The fourth-order valence-electron chi connectivity index (χ4n) is 3.73. The number of amides is 3. The highest BCUT2D eigenvalue weighted by atomic mass is 16.6. The molecule has 2 aromatic heterocycles. The molecule has 3 amide bonds. The molecule has 0 bridgehead atoms. The number of H-pyrrole nitrogens is 1. The van der Waals surface area contributed by atoms with Gasteiger partial charge in [0, 0.05) is 18.8 Å². The van der Waals surface area contributed by atoms with Crippen LogP contribution in [0.3, 0.4) is 0 Å². The fourth-order valence-corrected chi connectivity index (χ4v) is 3.73. The molecule has 0 radical (unpaired) electrons. The predicted octanol–water partition coefficient (Wildman–Crippen LogP) is 2.38. The summed E-state index contributed by atoms with van der Waals surface area (Å²) < 4.78 is 5.33. The van der Waals surface area contributed by atoms with E-state index < -0.39 is 16.7 Å². The summed E-state index contributed by atoms with van der Waals surface area (Å²) in [6.07, 6.45) is 2.60. The van der Waals surface area contributed by atoms with Crippen molar-refractivity contribution >= 4 is 45.8 Å². The number of carbonyl (C=O) groups is 3. The highest BCUT2D eigenvalue weighted by Crippen LogP contribution is 2.29. The Morgan fingerprint density at radius 3 is 2.81 bits per heavy atom. The Kier molecular flexibility index (Phi) is 5.70. The van der Waals surface area contributed by atoms with Gasteiger partial charge in [0.2, 0.25) is 0 Å². The first-order chi connectivity index (χ1) is 17.4. The van der Waals surface area contributed by atoms with Crippen LogP contribution in [-0.2, 0) is 11.3 Å². The van der Waals surface area contributed by atoms with Crippen LogP contribution in [0.2, 0.25) is 0 Å². The number of nitrogens with zero attached hydrogens (tertiary/aromatic N) is 3. The number of nitro groups is 1. The minimum Gasteiger partial charge on any atom is -0.482 e. The Bertz CT molecular complexity index is 1550. The number of hydrogen-bond donors (Lipinski definition) is 4. The Labute approximate surface area is 202 Å². The zero-order chi connectivity index (χ0) is 25.2. The van der Waals surface area contributed by atoms with Crippen LogP contribution in [0.5, 0.6) is 5.75 Å². The van der Waals surface area contributed by atoms with E-state index in [0.29, 0.717) is 11.4 Å². The van der Waals surface area contributed by atoms with Crippen LogP contribution in [-0.4, -0.2) is 44.2 Å². The molecular weight excluding hydrogens is 470 g/mol. The molecule has 0 unspecified atom stereocenters. The Balaban J connectivity index is 1.33. The number of carbonyl (C=O) groups excluding carboxylic acids is 3. The second-order valence-electron chi connectivity index (χ2n) is 7.73. The summed E-state index contributed by atoms with van der Waals surface area (Å²) in [5.41, 5.74) is 1.60. The second-order valence-corrected chi connectivity index (χ2v) is 7.73. The highest BCUT2D eigenvalue weighted by Gasteiger charge is 2.22. The molecule has 0 saturated carbocycles. The van der Waals surface area contributed by atoms with Gasteiger partial charge in [0.05, 0.1) is 21.8 Å². The molecule has 0 atom stereocenters. The zero-order valence-electron chi connectivity index (χ0n) is 18.4. The Hall–Kier alpha value is -5.33. The average Bonchev–Trinajstić information content (AvgIpc) is 3.29. The second kappa shape index (κ2) is 9.13. The van der Waals surface area contributed by atoms with Crippen molar-refractivity contribution in [2.24, 2.45) is 0 Å². The summed E-state index contributed by atoms with van der Waals surface area (Å²) in [4.78, 5) is 58.8. The SMILES string of the molecule is O=C1COc2ccc(CNC(=O)c3ncnc4c(NC(=O)c5ccccc5[N+](=O)[O-])c[nH]c34)cc2N1. The van der Waals surface area contributed by atoms with Crippen LogP contribution in [0.15, 0.2) is 55.0 Å². The Morgan fingerprint density at radius 2 is 1.97 bits per heavy atom. The van der Waals surface area contributed by atoms with Crippen molar-refractivity contribution in [3.8, 4) is 5.75 Å². The molecule has 0 saturated heterocycles. The average molecular weight is 487 g/mol. The van der Waals surface area contributed by atoms with Crippen LogP contribution < -0.4 is 20.7 Å². The maximum absolute atomic E-state index is 12.9. The van der Waals surface area contributed by atoms with E-state index in [1.54, 1.807) is 18.2 Å². The van der Waals surface area contributed by atoms with Gasteiger partial charge >= 0.3 is 0 Å². The summed E-state index contributed by atoms with van der Waals surface area (Å²) >= 11 is 0. The van der Waals surface area contributed by atoms with E-state index in [0.717, 1.165) is 5.56 Å². The number of ether oxygens (including phenoxy) is 1. The van der Waals surface area contributed by atoms with Gasteiger partial charge in [-0.15, -0.1) is 0 Å². The predicted molar refractivity (Wildman–Crippen MR) is 127 cm³/mol. The minimum atomic E-state index is -0.698. The van der Waals surface area contributed by atoms with Gasteiger partial charge in [-0.1, -0.05) is 18.2 Å². The molecule has 13 heteroatoms. The van der Waals surface area contributed by atoms with Crippen LogP contribution in [0, 0.1) is 10.1 Å². The standard InChI is InChI=1S/C23H17N7O6/c31-18-10-36-17-6-5-12(7-14(17)28-18)8-25-23(33)21-20-19(26-11-27-21)15(9-24-20)29-22(32)13-3-1-2-4-16(13)30(34)35/h1-7,9,11,24H,8,10H2,(H,25,33)(H,28,31)(H,29,32). The number of aromatic amines is 1. The third-order valence-electron chi connectivity index (χ3n) is 5.40. The van der Waals surface area contributed by atoms with Crippen molar-refractivity contribution < 1.29 is 24.0 Å². The third-order valence-corrected chi connectivity index (χ3v) is 5.40. The number of nitro benzene ring substituents is 1. The largest absolute Gasteiger partial charge is 0.482 e. The summed E-state index contributed by atoms with van der Waals surface area (Å²) in [7, 11) is 0. The van der Waals surface area contributed by atoms with Crippen molar-refractivity contribution in [3.05, 3.63) is 81.9 Å². The molecule has 4 aromatic rings. The van der Waals surface area contributed by atoms with Gasteiger partial charge in [0.15, 0.2) is 12.3 Å². The quantitative estimate of drug-likeness (QED) is 0.236. The van der Waals surface area contributed by atoms with Gasteiger partial charge in [0.1, 0.15) is 23.2 Å². The molecule has 1 aliphatic heterocycles. The lowest BCUT2D eigenvalue weighted by Gasteiger charge is -2.18. The number of para-hydroxylation sites is 1. The Morgan fingerprint density at radius 1 is 1.14 bits per heavy atom. The highest BCUT2D eigenvalue weighted by molar-refractivity contribution is 6.12. The molecule has 3 heterocycles. The number of aromatic nitrogens is 3. The van der Waals surface area contributed by atoms with Crippen LogP contribution >= 0.6 is 0 Å². The van der Waals surface area contributed by atoms with E-state index >= 15 is 0 Å². The summed E-state index contributed by atoms with van der Waals surface area (Å²) in [6.45, 7) is 0.100. The van der Waals surface area contributed by atoms with Gasteiger partial charge in [-0.2, -0.15) is 0 Å². The number of hydrogen-bond acceptors (Lipinski definition) is 8. The van der Waals surface area contributed by atoms with E-state index in [4.69, 9.17) is 4.74 Å². The summed E-state index contributed by atoms with van der Waals surface area (Å²) in [6, 6.07) is 10.7. The van der Waals surface area contributed by atoms with Gasteiger partial charge < -0.3 is 25.7 Å². The maximum Gasteiger partial charge on any atom is 0.282 e. The van der Waals surface area contributed by atoms with E-state index in [1.165, 1.54) is 36.8 Å². The van der Waals surface area contributed by atoms with Crippen molar-refractivity contribution in [2.45, 2.75) is 6.54 Å². The number of rotatable bonds is 6. The van der Waals surface area contributed by atoms with Crippen molar-refractivity contribution in [1.29, 1.82) is 0 Å². The lowest BCUT2D eigenvalue weighted by atomic mass is 10.1. The van der Waals surface area contributed by atoms with Gasteiger partial charge in [0.25, 0.3) is 23.4 Å². The van der Waals surface area contributed by atoms with Crippen LogP contribution in [0.25, 0.3) is 11.0 Å². The molecule has 36 heavy (non-hydrogen) atoms. The first-order valence-electron chi connectivity index (χ1n) is 10.6. The lowest BCUT2D eigenvalue weighted by Crippen LogP contribution is -2.26. The summed E-state index contributed by atoms with van der Waals surface area (Å²) in [5, 5.41) is 19.3. The zero-order valence-corrected chi connectivity index (χ0v) is 18.4. The molecule has 0 fully saturated rings. The van der Waals surface area contributed by atoms with Crippen molar-refractivity contribution in [1.82, 2.24) is 20.3 Å². The third kappa shape index (κ3) is 4.27. The van der Waals surface area contributed by atoms with E-state index in [9.17, 15) is 24.5 Å². The fraction of sp³-hybridized carbons (Fsp3) is 0.0870. The van der Waals surface area contributed by atoms with Gasteiger partial charge in [-0.05, 0) is 23.8 Å². The molecule has 13 nitrogen and oxygen atoms in total. The number of nitrogens with one attached hydrogen (secondary N) is 4. The van der Waals surface area contributed by atoms with E-state index in [1.807, 2.05) is 0 Å². The van der Waals surface area contributed by atoms with Crippen LogP contribution in [0.4, 0.5) is 17.1 Å². The van der Waals surface area contributed by atoms with Gasteiger partial charge in [-0.3, -0.25) is 24.5 Å². The molecule has 0 aliphatic carbocycles. The smallest absolute Gasteiger partial charge is 0.282 e. The monoisotopic (exact) mass is 487 g/mol. The minimum absolute atomic E-state index is 0.0424. The van der Waals surface area contributed by atoms with Crippen LogP contribution in [0.1, 0.15) is 26.4 Å². The topological polar surface area (TPSA) is 181 Å². The number of fused-ring (bicyclic) bond motifs is 2. The molecule has 1 aliphatic rings. The molecule has 4 N–H and O–H groups in total. The van der Waals surface area contributed by atoms with E-state index in [2.05, 4.69) is 30.9 Å². The summed E-state index contributed by atoms with van der Waals surface area (Å²) in [5.74, 6) is -0.914. The molecule has 5 rings (SSSR count). The first kappa shape index (κ1) is 22.5. The number of benzene rings is 2. The lowest BCUT2D eigenvalue weighted by molar-refractivity contribution is -0.385. The van der Waals surface area contributed by atoms with E-state index in [-0.39, 0.29) is 52.7 Å². The molecule has 180 valence electrons. The number of anilines is 2. The maximum atomic E-state index is 12.9. The van der Waals surface area contributed by atoms with Gasteiger partial charge in [-0.25, -0.2) is 9.97 Å². The first-order valence-corrected chi connectivity index (χ1v) is 10.6.